The number of amides is 1. The molecule has 0 bridgehead atoms. The van der Waals surface area contributed by atoms with Crippen LogP contribution in [0.4, 0.5) is 0 Å². The van der Waals surface area contributed by atoms with Crippen molar-refractivity contribution in [2.24, 2.45) is 0 Å². The Bertz CT molecular complexity index is 728. The molecule has 1 aliphatic carbocycles. The van der Waals surface area contributed by atoms with Crippen molar-refractivity contribution in [1.82, 2.24) is 4.90 Å². The third-order valence-electron chi connectivity index (χ3n) is 5.02. The lowest BCUT2D eigenvalue weighted by molar-refractivity contribution is -0.155. The van der Waals surface area contributed by atoms with Crippen LogP contribution in [0, 0.1) is 25.2 Å². The van der Waals surface area contributed by atoms with E-state index >= 15 is 0 Å². The number of likely N-dealkylation sites (N-methyl/N-ethyl adjacent to an activating group) is 1. The normalized spacial score (nSPS) is 15.5. The average molecular weight is 393 g/mol. The summed E-state index contributed by atoms with van der Waals surface area (Å²) in [6, 6.07) is 5.78. The summed E-state index contributed by atoms with van der Waals surface area (Å²) in [5.74, 6) is -0.448. The predicted octanol–water partition coefficient (Wildman–Crippen LogP) is 3.56. The molecule has 1 aliphatic rings. The Morgan fingerprint density at radius 3 is 2.33 bits per heavy atom. The fourth-order valence-electron chi connectivity index (χ4n) is 3.43. The van der Waals surface area contributed by atoms with Gasteiger partial charge in [0.1, 0.15) is 11.3 Å². The second kappa shape index (κ2) is 9.09. The van der Waals surface area contributed by atoms with Crippen LogP contribution in [0.3, 0.4) is 0 Å². The largest absolute Gasteiger partial charge is 0.481 e. The lowest BCUT2D eigenvalue weighted by Gasteiger charge is -2.38. The van der Waals surface area contributed by atoms with Crippen molar-refractivity contribution in [1.29, 1.82) is 5.26 Å². The van der Waals surface area contributed by atoms with Crippen molar-refractivity contribution in [2.45, 2.75) is 51.5 Å². The number of halogens is 1. The smallest absolute Gasteiger partial charge is 0.344 e. The van der Waals surface area contributed by atoms with Crippen LogP contribution in [0.1, 0.15) is 43.2 Å². The minimum atomic E-state index is -0.796. The Balaban J connectivity index is 1.86. The highest BCUT2D eigenvalue weighted by Crippen LogP contribution is 2.32. The van der Waals surface area contributed by atoms with Gasteiger partial charge in [0, 0.05) is 12.1 Å². The van der Waals surface area contributed by atoms with Crippen molar-refractivity contribution in [3.05, 3.63) is 28.3 Å². The number of ether oxygens (including phenoxy) is 2. The lowest BCUT2D eigenvalue weighted by Crippen LogP contribution is -2.51. The van der Waals surface area contributed by atoms with Crippen LogP contribution in [-0.4, -0.2) is 42.6 Å². The van der Waals surface area contributed by atoms with Gasteiger partial charge in [-0.05, 0) is 49.9 Å². The van der Waals surface area contributed by atoms with Gasteiger partial charge in [-0.25, -0.2) is 4.79 Å². The molecule has 0 radical (unpaired) electrons. The highest BCUT2D eigenvalue weighted by atomic mass is 35.5. The maximum atomic E-state index is 12.4. The van der Waals surface area contributed by atoms with Crippen LogP contribution in [0.25, 0.3) is 0 Å². The van der Waals surface area contributed by atoms with Gasteiger partial charge < -0.3 is 14.4 Å². The minimum absolute atomic E-state index is 0.302. The molecule has 1 aromatic carbocycles. The number of aryl methyl sites for hydroxylation is 2. The molecular formula is C20H25ClN2O4. The highest BCUT2D eigenvalue weighted by molar-refractivity contribution is 6.30. The Labute approximate surface area is 165 Å². The molecule has 0 aromatic heterocycles. The van der Waals surface area contributed by atoms with Crippen LogP contribution < -0.4 is 4.74 Å². The van der Waals surface area contributed by atoms with Gasteiger partial charge in [0.2, 0.25) is 0 Å². The fraction of sp³-hybridized carbons (Fsp3) is 0.550. The molecule has 0 heterocycles. The molecule has 1 fully saturated rings. The first-order valence-electron chi connectivity index (χ1n) is 9.02. The summed E-state index contributed by atoms with van der Waals surface area (Å²) in [7, 11) is 1.60. The third-order valence-corrected chi connectivity index (χ3v) is 5.24. The molecule has 146 valence electrons. The topological polar surface area (TPSA) is 79.6 Å². The number of nitrogens with zero attached hydrogens (tertiary/aromatic N) is 2. The number of hydrogen-bond acceptors (Lipinski definition) is 5. The molecule has 6 nitrogen and oxygen atoms in total. The van der Waals surface area contributed by atoms with Crippen molar-refractivity contribution >= 4 is 23.5 Å². The third kappa shape index (κ3) is 5.14. The summed E-state index contributed by atoms with van der Waals surface area (Å²) in [4.78, 5) is 25.7. The molecule has 7 heteroatoms. The SMILES string of the molecule is Cc1cc(Cl)cc(C)c1OCC(=O)OCC(=O)N(C)C1(C#N)CCCCC1. The predicted molar refractivity (Wildman–Crippen MR) is 102 cm³/mol. The Kier molecular flexibility index (Phi) is 7.09. The zero-order chi connectivity index (χ0) is 20.0. The Morgan fingerprint density at radius 1 is 1.19 bits per heavy atom. The monoisotopic (exact) mass is 392 g/mol. The zero-order valence-electron chi connectivity index (χ0n) is 16.0. The van der Waals surface area contributed by atoms with Crippen molar-refractivity contribution < 1.29 is 19.1 Å². The van der Waals surface area contributed by atoms with Gasteiger partial charge in [-0.1, -0.05) is 30.9 Å². The van der Waals surface area contributed by atoms with Gasteiger partial charge in [0.15, 0.2) is 13.2 Å². The van der Waals surface area contributed by atoms with Crippen LogP contribution in [0.5, 0.6) is 5.75 Å². The van der Waals surface area contributed by atoms with Gasteiger partial charge in [-0.3, -0.25) is 4.79 Å². The standard InChI is InChI=1S/C20H25ClN2O4/c1-14-9-16(21)10-15(2)19(14)27-12-18(25)26-11-17(24)23(3)20(13-22)7-5-4-6-8-20/h9-10H,4-8,11-12H2,1-3H3. The minimum Gasteiger partial charge on any atom is -0.481 e. The van der Waals surface area contributed by atoms with E-state index in [1.54, 1.807) is 19.2 Å². The van der Waals surface area contributed by atoms with Gasteiger partial charge in [-0.2, -0.15) is 5.26 Å². The van der Waals surface area contributed by atoms with Gasteiger partial charge in [-0.15, -0.1) is 0 Å². The second-order valence-electron chi connectivity index (χ2n) is 6.97. The Morgan fingerprint density at radius 2 is 1.78 bits per heavy atom. The van der Waals surface area contributed by atoms with Gasteiger partial charge in [0.25, 0.3) is 5.91 Å². The van der Waals surface area contributed by atoms with Crippen molar-refractivity contribution in [3.63, 3.8) is 0 Å². The number of hydrogen-bond donors (Lipinski definition) is 0. The van der Waals surface area contributed by atoms with E-state index in [4.69, 9.17) is 21.1 Å². The molecule has 1 amide bonds. The summed E-state index contributed by atoms with van der Waals surface area (Å²) >= 11 is 5.97. The average Bonchev–Trinajstić information content (AvgIpc) is 2.65. The number of carbonyl (C=O) groups excluding carboxylic acids is 2. The van der Waals surface area contributed by atoms with E-state index in [2.05, 4.69) is 6.07 Å². The van der Waals surface area contributed by atoms with E-state index in [1.807, 2.05) is 13.8 Å². The van der Waals surface area contributed by atoms with E-state index in [1.165, 1.54) is 4.90 Å². The molecule has 1 aromatic rings. The van der Waals surface area contributed by atoms with Crippen molar-refractivity contribution in [3.8, 4) is 11.8 Å². The molecule has 0 saturated heterocycles. The molecule has 0 unspecified atom stereocenters. The maximum absolute atomic E-state index is 12.4. The summed E-state index contributed by atoms with van der Waals surface area (Å²) in [5.41, 5.74) is 0.837. The molecule has 0 spiro atoms. The van der Waals surface area contributed by atoms with Crippen LogP contribution in [0.2, 0.25) is 5.02 Å². The van der Waals surface area contributed by atoms with E-state index in [-0.39, 0.29) is 12.5 Å². The molecule has 2 rings (SSSR count). The fourth-order valence-corrected chi connectivity index (χ4v) is 3.76. The van der Waals surface area contributed by atoms with Gasteiger partial charge >= 0.3 is 5.97 Å². The quantitative estimate of drug-likeness (QED) is 0.691. The number of benzene rings is 1. The summed E-state index contributed by atoms with van der Waals surface area (Å²) < 4.78 is 10.6. The number of nitriles is 1. The zero-order valence-corrected chi connectivity index (χ0v) is 16.8. The molecule has 0 N–H and O–H groups in total. The van der Waals surface area contributed by atoms with Crippen molar-refractivity contribution in [2.75, 3.05) is 20.3 Å². The first-order chi connectivity index (χ1) is 12.8. The summed E-state index contributed by atoms with van der Waals surface area (Å²) in [5, 5.41) is 10.1. The molecule has 0 aliphatic heterocycles. The highest BCUT2D eigenvalue weighted by Gasteiger charge is 2.38. The first kappa shape index (κ1) is 21.0. The molecule has 0 atom stereocenters. The van der Waals surface area contributed by atoms with Crippen LogP contribution in [0.15, 0.2) is 12.1 Å². The Hall–Kier alpha value is -2.26. The molecular weight excluding hydrogens is 368 g/mol. The lowest BCUT2D eigenvalue weighted by atomic mass is 9.81. The second-order valence-corrected chi connectivity index (χ2v) is 7.41. The van der Waals surface area contributed by atoms with E-state index in [0.29, 0.717) is 23.6 Å². The van der Waals surface area contributed by atoms with E-state index < -0.39 is 18.1 Å². The molecule has 27 heavy (non-hydrogen) atoms. The van der Waals surface area contributed by atoms with E-state index in [9.17, 15) is 14.9 Å². The van der Waals surface area contributed by atoms with Gasteiger partial charge in [0.05, 0.1) is 6.07 Å². The maximum Gasteiger partial charge on any atom is 0.344 e. The van der Waals surface area contributed by atoms with E-state index in [0.717, 1.165) is 30.4 Å². The first-order valence-corrected chi connectivity index (χ1v) is 9.40. The van der Waals surface area contributed by atoms with Crippen LogP contribution in [-0.2, 0) is 14.3 Å². The molecule has 1 saturated carbocycles. The number of carbonyl (C=O) groups is 2. The summed E-state index contributed by atoms with van der Waals surface area (Å²) in [6.45, 7) is 2.97. The summed E-state index contributed by atoms with van der Waals surface area (Å²) in [6.07, 6.45) is 4.20. The number of esters is 1. The van der Waals surface area contributed by atoms with Crippen LogP contribution >= 0.6 is 11.6 Å². The number of rotatable bonds is 6.